The molecule has 1 fully saturated rings. The monoisotopic (exact) mass is 285 g/mol. The van der Waals surface area contributed by atoms with Gasteiger partial charge in [-0.3, -0.25) is 14.4 Å². The van der Waals surface area contributed by atoms with Crippen LogP contribution >= 0.6 is 0 Å². The van der Waals surface area contributed by atoms with Gasteiger partial charge in [0.2, 0.25) is 17.7 Å². The van der Waals surface area contributed by atoms with Crippen molar-refractivity contribution in [1.29, 1.82) is 0 Å². The lowest BCUT2D eigenvalue weighted by Gasteiger charge is -2.34. The summed E-state index contributed by atoms with van der Waals surface area (Å²) in [6, 6.07) is -0.928. The van der Waals surface area contributed by atoms with Gasteiger partial charge in [0.25, 0.3) is 0 Å². The fraction of sp³-hybridized carbons (Fsp3) is 0.769. The van der Waals surface area contributed by atoms with Crippen molar-refractivity contribution in [2.45, 2.75) is 31.9 Å². The number of piperidine rings is 1. The van der Waals surface area contributed by atoms with E-state index in [0.29, 0.717) is 13.0 Å². The Morgan fingerprint density at radius 3 is 2.40 bits per heavy atom. The Labute approximate surface area is 118 Å². The zero-order chi connectivity index (χ0) is 15.4. The van der Waals surface area contributed by atoms with E-state index in [1.54, 1.807) is 14.1 Å². The predicted molar refractivity (Wildman–Crippen MR) is 72.7 cm³/mol. The van der Waals surface area contributed by atoms with Crippen LogP contribution < -0.4 is 5.32 Å². The topological polar surface area (TPSA) is 89.9 Å². The molecule has 7 nitrogen and oxygen atoms in total. The SMILES string of the molecule is C[C@@H](O)[C@@H](C(=O)N(C)C)N(C)C(=O)C1CCNC(=O)C1. The maximum absolute atomic E-state index is 12.4. The molecule has 0 aromatic rings. The standard InChI is InChI=1S/C13H23N3O4/c1-8(17)11(13(20)15(2)3)16(4)12(19)9-5-6-14-10(18)7-9/h8-9,11,17H,5-7H2,1-4H3,(H,14,18)/t8-,9?,11+/m1/s1. The molecule has 2 N–H and O–H groups in total. The molecule has 1 aliphatic heterocycles. The molecular weight excluding hydrogens is 262 g/mol. The Kier molecular flexibility index (Phi) is 5.50. The number of carbonyl (C=O) groups is 3. The van der Waals surface area contributed by atoms with E-state index in [2.05, 4.69) is 5.32 Å². The molecule has 0 spiro atoms. The van der Waals surface area contributed by atoms with Crippen LogP contribution in [0.1, 0.15) is 19.8 Å². The summed E-state index contributed by atoms with van der Waals surface area (Å²) >= 11 is 0. The van der Waals surface area contributed by atoms with Gasteiger partial charge < -0.3 is 20.2 Å². The van der Waals surface area contributed by atoms with Gasteiger partial charge in [0.05, 0.1) is 6.10 Å². The van der Waals surface area contributed by atoms with E-state index in [1.807, 2.05) is 0 Å². The van der Waals surface area contributed by atoms with Gasteiger partial charge in [-0.1, -0.05) is 0 Å². The van der Waals surface area contributed by atoms with Crippen LogP contribution in [-0.4, -0.2) is 72.5 Å². The fourth-order valence-corrected chi connectivity index (χ4v) is 2.38. The predicted octanol–water partition coefficient (Wildman–Crippen LogP) is -1.19. The second kappa shape index (κ2) is 6.69. The third-order valence-electron chi connectivity index (χ3n) is 3.51. The number of carbonyl (C=O) groups excluding carboxylic acids is 3. The Hall–Kier alpha value is -1.63. The molecular formula is C13H23N3O4. The summed E-state index contributed by atoms with van der Waals surface area (Å²) in [6.07, 6.45) is -0.292. The highest BCUT2D eigenvalue weighted by Crippen LogP contribution is 2.18. The molecule has 0 aliphatic carbocycles. The van der Waals surface area contributed by atoms with Gasteiger partial charge in [0.15, 0.2) is 0 Å². The van der Waals surface area contributed by atoms with Crippen molar-refractivity contribution in [3.63, 3.8) is 0 Å². The first kappa shape index (κ1) is 16.4. The van der Waals surface area contributed by atoms with Crippen molar-refractivity contribution in [2.75, 3.05) is 27.7 Å². The van der Waals surface area contributed by atoms with Gasteiger partial charge in [0.1, 0.15) is 6.04 Å². The Bertz CT molecular complexity index is 395. The molecule has 1 heterocycles. The Morgan fingerprint density at radius 2 is 1.95 bits per heavy atom. The minimum Gasteiger partial charge on any atom is -0.391 e. The van der Waals surface area contributed by atoms with Crippen molar-refractivity contribution in [3.8, 4) is 0 Å². The summed E-state index contributed by atoms with van der Waals surface area (Å²) in [5.74, 6) is -1.20. The highest BCUT2D eigenvalue weighted by molar-refractivity contribution is 5.91. The molecule has 20 heavy (non-hydrogen) atoms. The highest BCUT2D eigenvalue weighted by Gasteiger charge is 2.36. The molecule has 1 unspecified atom stereocenters. The first-order valence-corrected chi connectivity index (χ1v) is 6.68. The van der Waals surface area contributed by atoms with Crippen LogP contribution in [0, 0.1) is 5.92 Å². The van der Waals surface area contributed by atoms with Gasteiger partial charge in [-0.25, -0.2) is 0 Å². The molecule has 7 heteroatoms. The van der Waals surface area contributed by atoms with Crippen molar-refractivity contribution < 1.29 is 19.5 Å². The smallest absolute Gasteiger partial charge is 0.247 e. The first-order chi connectivity index (χ1) is 9.25. The van der Waals surface area contributed by atoms with Crippen LogP contribution in [0.15, 0.2) is 0 Å². The van der Waals surface area contributed by atoms with Crippen molar-refractivity contribution in [1.82, 2.24) is 15.1 Å². The summed E-state index contributed by atoms with van der Waals surface area (Å²) in [5.41, 5.74) is 0. The molecule has 0 bridgehead atoms. The summed E-state index contributed by atoms with van der Waals surface area (Å²) in [4.78, 5) is 38.4. The number of nitrogens with zero attached hydrogens (tertiary/aromatic N) is 2. The highest BCUT2D eigenvalue weighted by atomic mass is 16.3. The molecule has 0 aromatic carbocycles. The molecule has 114 valence electrons. The van der Waals surface area contributed by atoms with Crippen LogP contribution in [0.25, 0.3) is 0 Å². The number of rotatable bonds is 4. The van der Waals surface area contributed by atoms with Gasteiger partial charge in [-0.2, -0.15) is 0 Å². The summed E-state index contributed by atoms with van der Waals surface area (Å²) in [6.45, 7) is 1.94. The molecule has 3 atom stereocenters. The lowest BCUT2D eigenvalue weighted by molar-refractivity contribution is -0.150. The second-order valence-corrected chi connectivity index (χ2v) is 5.41. The molecule has 1 rings (SSSR count). The van der Waals surface area contributed by atoms with Crippen molar-refractivity contribution >= 4 is 17.7 Å². The zero-order valence-corrected chi connectivity index (χ0v) is 12.4. The number of aliphatic hydroxyl groups excluding tert-OH is 1. The van der Waals surface area contributed by atoms with E-state index in [9.17, 15) is 19.5 Å². The summed E-state index contributed by atoms with van der Waals surface area (Å²) < 4.78 is 0. The van der Waals surface area contributed by atoms with Crippen LogP contribution in [0.4, 0.5) is 0 Å². The van der Waals surface area contributed by atoms with Gasteiger partial charge in [-0.15, -0.1) is 0 Å². The zero-order valence-electron chi connectivity index (χ0n) is 12.4. The van der Waals surface area contributed by atoms with Gasteiger partial charge in [0, 0.05) is 40.0 Å². The maximum Gasteiger partial charge on any atom is 0.247 e. The third kappa shape index (κ3) is 3.69. The van der Waals surface area contributed by atoms with E-state index in [-0.39, 0.29) is 24.1 Å². The van der Waals surface area contributed by atoms with Gasteiger partial charge >= 0.3 is 0 Å². The minimum absolute atomic E-state index is 0.131. The molecule has 0 saturated carbocycles. The second-order valence-electron chi connectivity index (χ2n) is 5.41. The quantitative estimate of drug-likeness (QED) is 0.679. The first-order valence-electron chi connectivity index (χ1n) is 6.68. The van der Waals surface area contributed by atoms with Crippen LogP contribution in [-0.2, 0) is 14.4 Å². The van der Waals surface area contributed by atoms with Crippen LogP contribution in [0.3, 0.4) is 0 Å². The van der Waals surface area contributed by atoms with Crippen molar-refractivity contribution in [2.24, 2.45) is 5.92 Å². The van der Waals surface area contributed by atoms with E-state index in [4.69, 9.17) is 0 Å². The Morgan fingerprint density at radius 1 is 1.35 bits per heavy atom. The van der Waals surface area contributed by atoms with Crippen LogP contribution in [0.5, 0.6) is 0 Å². The average molecular weight is 285 g/mol. The number of amides is 3. The summed E-state index contributed by atoms with van der Waals surface area (Å²) in [7, 11) is 4.64. The number of nitrogens with one attached hydrogen (secondary N) is 1. The maximum atomic E-state index is 12.4. The third-order valence-corrected chi connectivity index (χ3v) is 3.51. The number of aliphatic hydroxyl groups is 1. The van der Waals surface area contributed by atoms with E-state index < -0.39 is 18.1 Å². The van der Waals surface area contributed by atoms with E-state index >= 15 is 0 Å². The van der Waals surface area contributed by atoms with E-state index in [0.717, 1.165) is 0 Å². The molecule has 0 aromatic heterocycles. The molecule has 0 radical (unpaired) electrons. The number of likely N-dealkylation sites (N-methyl/N-ethyl adjacent to an activating group) is 2. The molecule has 1 saturated heterocycles. The Balaban J connectivity index is 2.83. The largest absolute Gasteiger partial charge is 0.391 e. The molecule has 3 amide bonds. The normalized spacial score (nSPS) is 21.6. The van der Waals surface area contributed by atoms with E-state index in [1.165, 1.54) is 23.8 Å². The fourth-order valence-electron chi connectivity index (χ4n) is 2.38. The average Bonchev–Trinajstić information content (AvgIpc) is 2.37. The molecule has 1 aliphatic rings. The van der Waals surface area contributed by atoms with Crippen LogP contribution in [0.2, 0.25) is 0 Å². The number of hydrogen-bond donors (Lipinski definition) is 2. The lowest BCUT2D eigenvalue weighted by atomic mass is 9.95. The lowest BCUT2D eigenvalue weighted by Crippen LogP contribution is -2.55. The van der Waals surface area contributed by atoms with Crippen molar-refractivity contribution in [3.05, 3.63) is 0 Å². The minimum atomic E-state index is -0.976. The summed E-state index contributed by atoms with van der Waals surface area (Å²) in [5, 5.41) is 12.4. The number of hydrogen-bond acceptors (Lipinski definition) is 4. The van der Waals surface area contributed by atoms with Gasteiger partial charge in [-0.05, 0) is 13.3 Å².